The van der Waals surface area contributed by atoms with E-state index in [0.717, 1.165) is 45.3 Å². The zero-order valence-electron chi connectivity index (χ0n) is 28.9. The van der Waals surface area contributed by atoms with Crippen LogP contribution in [0.5, 0.6) is 0 Å². The van der Waals surface area contributed by atoms with Gasteiger partial charge in [-0.25, -0.2) is 9.97 Å². The number of imidazole rings is 2. The van der Waals surface area contributed by atoms with Crippen molar-refractivity contribution >= 4 is 11.8 Å². The molecule has 10 heteroatoms. The van der Waals surface area contributed by atoms with Crippen molar-refractivity contribution in [2.45, 2.75) is 90.6 Å². The Labute approximate surface area is 283 Å². The van der Waals surface area contributed by atoms with Gasteiger partial charge in [0, 0.05) is 50.9 Å². The molecule has 2 amide bonds. The minimum atomic E-state index is -0.0166. The summed E-state index contributed by atoms with van der Waals surface area (Å²) in [5.74, 6) is 1.88. The Balaban J connectivity index is 1.04. The van der Waals surface area contributed by atoms with Gasteiger partial charge in [0.1, 0.15) is 11.6 Å². The highest BCUT2D eigenvalue weighted by atomic mass is 16.5. The lowest BCUT2D eigenvalue weighted by atomic mass is 10.0. The fraction of sp³-hybridized carbons (Fsp3) is 0.474. The zero-order valence-corrected chi connectivity index (χ0v) is 28.9. The minimum Gasteiger partial charge on any atom is -0.372 e. The highest BCUT2D eigenvalue weighted by Gasteiger charge is 2.29. The number of ether oxygens (including phenoxy) is 2. The molecular formula is C38H48N6O4. The van der Waals surface area contributed by atoms with Crippen LogP contribution in [-0.4, -0.2) is 92.1 Å². The van der Waals surface area contributed by atoms with Crippen molar-refractivity contribution in [2.24, 2.45) is 0 Å². The molecule has 6 atom stereocenters. The SMILES string of the molecule is C[C@@H]1CN(C(=O)C[C@@H](C)c2ncc(-c3ccc(-c4ccc(-c5cnc([C@H](C)CC(=O)N6C[C@@H](C)O[C@@H](C)C6)[nH]5)cc4)cc3)[nH]2)C[C@H](C)O1. The van der Waals surface area contributed by atoms with Crippen LogP contribution in [0.15, 0.2) is 60.9 Å². The zero-order chi connectivity index (χ0) is 33.9. The minimum absolute atomic E-state index is 0.0166. The molecule has 2 aromatic carbocycles. The summed E-state index contributed by atoms with van der Waals surface area (Å²) in [6.45, 7) is 14.7. The van der Waals surface area contributed by atoms with E-state index in [2.05, 4.69) is 68.5 Å². The molecule has 0 radical (unpaired) electrons. The molecule has 6 rings (SSSR count). The van der Waals surface area contributed by atoms with Gasteiger partial charge >= 0.3 is 0 Å². The molecule has 2 aromatic heterocycles. The fourth-order valence-corrected chi connectivity index (χ4v) is 6.89. The molecule has 0 saturated carbocycles. The second kappa shape index (κ2) is 14.5. The quantitative estimate of drug-likeness (QED) is 0.216. The van der Waals surface area contributed by atoms with E-state index in [4.69, 9.17) is 9.47 Å². The van der Waals surface area contributed by atoms with Crippen molar-refractivity contribution in [2.75, 3.05) is 26.2 Å². The van der Waals surface area contributed by atoms with Crippen molar-refractivity contribution < 1.29 is 19.1 Å². The topological polar surface area (TPSA) is 116 Å². The van der Waals surface area contributed by atoms with E-state index in [0.29, 0.717) is 39.0 Å². The van der Waals surface area contributed by atoms with E-state index in [1.54, 1.807) is 0 Å². The normalized spacial score (nSPS) is 22.8. The van der Waals surface area contributed by atoms with Crippen LogP contribution in [0.25, 0.3) is 33.6 Å². The van der Waals surface area contributed by atoms with Gasteiger partial charge in [-0.3, -0.25) is 9.59 Å². The standard InChI is InChI=1S/C38H48N6O4/c1-23(15-35(45)43-19-25(3)47-26(4)20-43)37-39-17-33(41-37)31-11-7-29(8-12-31)30-9-13-32(14-10-30)34-18-40-38(42-34)24(2)16-36(46)44-21-27(5)48-28(6)22-44/h7-14,17-18,23-28H,15-16,19-22H2,1-6H3,(H,39,41)(H,40,42)/t23-,24-,25-,26+,27-,28+/m1/s1. The number of rotatable bonds is 9. The van der Waals surface area contributed by atoms with Crippen LogP contribution in [0.4, 0.5) is 0 Å². The van der Waals surface area contributed by atoms with Gasteiger partial charge in [0.15, 0.2) is 0 Å². The van der Waals surface area contributed by atoms with E-state index < -0.39 is 0 Å². The number of aromatic nitrogens is 4. The molecule has 2 aliphatic heterocycles. The van der Waals surface area contributed by atoms with Gasteiger partial charge in [-0.1, -0.05) is 62.4 Å². The maximum atomic E-state index is 13.0. The van der Waals surface area contributed by atoms with Crippen LogP contribution in [0.1, 0.15) is 77.9 Å². The van der Waals surface area contributed by atoms with Crippen molar-refractivity contribution in [3.63, 3.8) is 0 Å². The van der Waals surface area contributed by atoms with E-state index in [1.807, 2.05) is 63.7 Å². The van der Waals surface area contributed by atoms with Gasteiger partial charge in [0.05, 0.1) is 48.2 Å². The average molecular weight is 653 g/mol. The van der Waals surface area contributed by atoms with Gasteiger partial charge in [-0.15, -0.1) is 0 Å². The number of hydrogen-bond donors (Lipinski definition) is 2. The summed E-state index contributed by atoms with van der Waals surface area (Å²) >= 11 is 0. The number of carbonyl (C=O) groups is 2. The van der Waals surface area contributed by atoms with Gasteiger partial charge in [-0.2, -0.15) is 0 Å². The molecule has 0 spiro atoms. The molecule has 2 fully saturated rings. The molecule has 10 nitrogen and oxygen atoms in total. The van der Waals surface area contributed by atoms with Crippen molar-refractivity contribution in [3.8, 4) is 33.6 Å². The van der Waals surface area contributed by atoms with Gasteiger partial charge < -0.3 is 29.2 Å². The molecule has 2 aliphatic rings. The summed E-state index contributed by atoms with van der Waals surface area (Å²) < 4.78 is 11.6. The van der Waals surface area contributed by atoms with Gasteiger partial charge in [-0.05, 0) is 49.9 Å². The third kappa shape index (κ3) is 7.88. The molecule has 2 saturated heterocycles. The van der Waals surface area contributed by atoms with Crippen LogP contribution < -0.4 is 0 Å². The smallest absolute Gasteiger partial charge is 0.223 e. The molecule has 0 unspecified atom stereocenters. The largest absolute Gasteiger partial charge is 0.372 e. The molecular weight excluding hydrogens is 604 g/mol. The molecule has 254 valence electrons. The predicted octanol–water partition coefficient (Wildman–Crippen LogP) is 6.39. The summed E-state index contributed by atoms with van der Waals surface area (Å²) in [7, 11) is 0. The Hall–Kier alpha value is -4.28. The maximum absolute atomic E-state index is 13.0. The van der Waals surface area contributed by atoms with E-state index in [9.17, 15) is 9.59 Å². The predicted molar refractivity (Wildman–Crippen MR) is 186 cm³/mol. The van der Waals surface area contributed by atoms with Crippen LogP contribution in [0, 0.1) is 0 Å². The summed E-state index contributed by atoms with van der Waals surface area (Å²) in [5.41, 5.74) is 6.17. The lowest BCUT2D eigenvalue weighted by molar-refractivity contribution is -0.144. The first kappa shape index (κ1) is 33.6. The lowest BCUT2D eigenvalue weighted by Gasteiger charge is -2.35. The summed E-state index contributed by atoms with van der Waals surface area (Å²) in [6, 6.07) is 16.8. The van der Waals surface area contributed by atoms with Crippen molar-refractivity contribution in [1.82, 2.24) is 29.7 Å². The van der Waals surface area contributed by atoms with Crippen molar-refractivity contribution in [3.05, 3.63) is 72.6 Å². The Bertz CT molecular complexity index is 1550. The molecule has 4 heterocycles. The van der Waals surface area contributed by atoms with Gasteiger partial charge in [0.25, 0.3) is 0 Å². The fourth-order valence-electron chi connectivity index (χ4n) is 6.89. The monoisotopic (exact) mass is 652 g/mol. The third-order valence-electron chi connectivity index (χ3n) is 9.36. The molecule has 2 N–H and O–H groups in total. The van der Waals surface area contributed by atoms with Crippen LogP contribution >= 0.6 is 0 Å². The van der Waals surface area contributed by atoms with E-state index in [1.165, 1.54) is 0 Å². The molecule has 4 aromatic rings. The number of carbonyl (C=O) groups excluding carboxylic acids is 2. The first-order valence-corrected chi connectivity index (χ1v) is 17.2. The van der Waals surface area contributed by atoms with E-state index in [-0.39, 0.29) is 48.1 Å². The highest BCUT2D eigenvalue weighted by molar-refractivity contribution is 5.78. The first-order valence-electron chi connectivity index (χ1n) is 17.2. The lowest BCUT2D eigenvalue weighted by Crippen LogP contribution is -2.48. The number of aromatic amines is 2. The third-order valence-corrected chi connectivity index (χ3v) is 9.36. The Morgan fingerprint density at radius 1 is 0.625 bits per heavy atom. The van der Waals surface area contributed by atoms with Crippen LogP contribution in [-0.2, 0) is 19.1 Å². The van der Waals surface area contributed by atoms with Gasteiger partial charge in [0.2, 0.25) is 11.8 Å². The highest BCUT2D eigenvalue weighted by Crippen LogP contribution is 2.29. The Kier molecular flexibility index (Phi) is 10.1. The summed E-state index contributed by atoms with van der Waals surface area (Å²) in [5, 5.41) is 0. The number of H-pyrrole nitrogens is 2. The van der Waals surface area contributed by atoms with Crippen LogP contribution in [0.2, 0.25) is 0 Å². The molecule has 0 aliphatic carbocycles. The Morgan fingerprint density at radius 3 is 1.27 bits per heavy atom. The second-order valence-electron chi connectivity index (χ2n) is 13.8. The van der Waals surface area contributed by atoms with Crippen LogP contribution in [0.3, 0.4) is 0 Å². The first-order chi connectivity index (χ1) is 23.0. The average Bonchev–Trinajstić information content (AvgIpc) is 3.75. The number of benzene rings is 2. The number of amides is 2. The molecule has 48 heavy (non-hydrogen) atoms. The summed E-state index contributed by atoms with van der Waals surface area (Å²) in [4.78, 5) is 45.8. The Morgan fingerprint density at radius 2 is 0.938 bits per heavy atom. The van der Waals surface area contributed by atoms with E-state index >= 15 is 0 Å². The number of nitrogens with zero attached hydrogens (tertiary/aromatic N) is 4. The second-order valence-corrected chi connectivity index (χ2v) is 13.8. The summed E-state index contributed by atoms with van der Waals surface area (Å²) in [6.07, 6.45) is 4.74. The van der Waals surface area contributed by atoms with Crippen molar-refractivity contribution in [1.29, 1.82) is 0 Å². The number of morpholine rings is 2. The number of nitrogens with one attached hydrogen (secondary N) is 2. The molecule has 0 bridgehead atoms. The number of hydrogen-bond acceptors (Lipinski definition) is 6. The maximum Gasteiger partial charge on any atom is 0.223 e.